The fourth-order valence-corrected chi connectivity index (χ4v) is 1.05. The summed E-state index contributed by atoms with van der Waals surface area (Å²) < 4.78 is 0. The maximum absolute atomic E-state index is 11.3. The first kappa shape index (κ1) is 13.4. The molecule has 1 atom stereocenters. The Bertz CT molecular complexity index is 159. The van der Waals surface area contributed by atoms with Crippen LogP contribution in [-0.2, 0) is 4.79 Å². The average Bonchev–Trinajstić information content (AvgIpc) is 2.15. The quantitative estimate of drug-likeness (QED) is 0.572. The van der Waals surface area contributed by atoms with Gasteiger partial charge in [-0.05, 0) is 47.5 Å². The van der Waals surface area contributed by atoms with Crippen LogP contribution in [0.15, 0.2) is 0 Å². The predicted octanol–water partition coefficient (Wildman–Crippen LogP) is 0.0523. The van der Waals surface area contributed by atoms with Crippen LogP contribution in [0.1, 0.15) is 19.8 Å². The topological polar surface area (TPSA) is 44.4 Å². The number of unbranched alkanes of at least 4 members (excludes halogenated alkanes) is 1. The Morgan fingerprint density at radius 2 is 2.00 bits per heavy atom. The highest BCUT2D eigenvalue weighted by Crippen LogP contribution is 1.89. The second-order valence-electron chi connectivity index (χ2n) is 3.81. The highest BCUT2D eigenvalue weighted by Gasteiger charge is 2.07. The molecule has 0 aromatic carbocycles. The van der Waals surface area contributed by atoms with Gasteiger partial charge in [0.15, 0.2) is 0 Å². The van der Waals surface area contributed by atoms with Crippen LogP contribution < -0.4 is 10.6 Å². The van der Waals surface area contributed by atoms with E-state index in [1.165, 1.54) is 0 Å². The van der Waals surface area contributed by atoms with Gasteiger partial charge in [0.25, 0.3) is 0 Å². The first-order chi connectivity index (χ1) is 6.57. The van der Waals surface area contributed by atoms with Gasteiger partial charge in [-0.15, -0.1) is 0 Å². The second kappa shape index (κ2) is 7.76. The smallest absolute Gasteiger partial charge is 0.236 e. The van der Waals surface area contributed by atoms with Crippen molar-refractivity contribution in [3.63, 3.8) is 0 Å². The molecule has 1 amide bonds. The Balaban J connectivity index is 3.32. The molecule has 4 heteroatoms. The summed E-state index contributed by atoms with van der Waals surface area (Å²) in [6.45, 7) is 3.71. The molecule has 0 radical (unpaired) electrons. The maximum Gasteiger partial charge on any atom is 0.236 e. The number of amides is 1. The summed E-state index contributed by atoms with van der Waals surface area (Å²) in [5, 5.41) is 5.79. The van der Waals surface area contributed by atoms with E-state index < -0.39 is 0 Å². The van der Waals surface area contributed by atoms with Crippen LogP contribution in [0.25, 0.3) is 0 Å². The van der Waals surface area contributed by atoms with Crippen molar-refractivity contribution in [2.24, 2.45) is 0 Å². The molecule has 0 bridgehead atoms. The number of hydrogen-bond donors (Lipinski definition) is 2. The Morgan fingerprint density at radius 3 is 2.50 bits per heavy atom. The molecule has 0 aliphatic heterocycles. The van der Waals surface area contributed by atoms with Crippen LogP contribution in [0.5, 0.6) is 0 Å². The van der Waals surface area contributed by atoms with Crippen molar-refractivity contribution in [1.82, 2.24) is 15.5 Å². The van der Waals surface area contributed by atoms with Crippen molar-refractivity contribution in [1.29, 1.82) is 0 Å². The first-order valence-electron chi connectivity index (χ1n) is 5.17. The number of carbonyl (C=O) groups is 1. The average molecular weight is 201 g/mol. The zero-order valence-corrected chi connectivity index (χ0v) is 9.76. The van der Waals surface area contributed by atoms with E-state index in [1.54, 1.807) is 7.05 Å². The Morgan fingerprint density at radius 1 is 1.36 bits per heavy atom. The van der Waals surface area contributed by atoms with Gasteiger partial charge in [0.05, 0.1) is 6.04 Å². The van der Waals surface area contributed by atoms with Crippen LogP contribution in [-0.4, -0.2) is 51.1 Å². The van der Waals surface area contributed by atoms with E-state index in [4.69, 9.17) is 0 Å². The number of rotatable bonds is 7. The minimum Gasteiger partial charge on any atom is -0.355 e. The number of likely N-dealkylation sites (N-methyl/N-ethyl adjacent to an activating group) is 1. The molecule has 84 valence electrons. The molecular formula is C10H23N3O. The third-order valence-electron chi connectivity index (χ3n) is 2.16. The van der Waals surface area contributed by atoms with Crippen molar-refractivity contribution in [2.75, 3.05) is 34.2 Å². The van der Waals surface area contributed by atoms with Crippen LogP contribution in [0.3, 0.4) is 0 Å². The predicted molar refractivity (Wildman–Crippen MR) is 59.3 cm³/mol. The molecule has 4 nitrogen and oxygen atoms in total. The van der Waals surface area contributed by atoms with Crippen molar-refractivity contribution >= 4 is 5.91 Å². The first-order valence-corrected chi connectivity index (χ1v) is 5.17. The number of hydrogen-bond acceptors (Lipinski definition) is 3. The number of nitrogens with zero attached hydrogens (tertiary/aromatic N) is 1. The highest BCUT2D eigenvalue weighted by molar-refractivity contribution is 5.81. The third-order valence-corrected chi connectivity index (χ3v) is 2.16. The van der Waals surface area contributed by atoms with E-state index in [0.717, 1.165) is 25.9 Å². The molecule has 0 heterocycles. The number of carbonyl (C=O) groups excluding carboxylic acids is 1. The van der Waals surface area contributed by atoms with Crippen LogP contribution in [0, 0.1) is 0 Å². The fourth-order valence-electron chi connectivity index (χ4n) is 1.05. The van der Waals surface area contributed by atoms with Crippen molar-refractivity contribution in [2.45, 2.75) is 25.8 Å². The maximum atomic E-state index is 11.3. The van der Waals surface area contributed by atoms with Crippen molar-refractivity contribution in [3.05, 3.63) is 0 Å². The lowest BCUT2D eigenvalue weighted by Crippen LogP contribution is -2.40. The van der Waals surface area contributed by atoms with Crippen LogP contribution in [0.2, 0.25) is 0 Å². The van der Waals surface area contributed by atoms with Gasteiger partial charge in [-0.3, -0.25) is 4.79 Å². The molecule has 0 saturated heterocycles. The summed E-state index contributed by atoms with van der Waals surface area (Å²) >= 11 is 0. The zero-order chi connectivity index (χ0) is 11.0. The molecule has 0 aromatic heterocycles. The molecule has 0 aromatic rings. The normalized spacial score (nSPS) is 12.9. The molecule has 14 heavy (non-hydrogen) atoms. The molecule has 0 saturated carbocycles. The lowest BCUT2D eigenvalue weighted by atomic mass is 10.2. The van der Waals surface area contributed by atoms with E-state index >= 15 is 0 Å². The van der Waals surface area contributed by atoms with E-state index in [2.05, 4.69) is 29.6 Å². The van der Waals surface area contributed by atoms with Crippen molar-refractivity contribution < 1.29 is 4.79 Å². The summed E-state index contributed by atoms with van der Waals surface area (Å²) in [5.41, 5.74) is 0. The minimum absolute atomic E-state index is 0.0809. The summed E-state index contributed by atoms with van der Waals surface area (Å²) in [6, 6.07) is -0.0937. The molecular weight excluding hydrogens is 178 g/mol. The summed E-state index contributed by atoms with van der Waals surface area (Å²) in [5.74, 6) is 0.0809. The van der Waals surface area contributed by atoms with Gasteiger partial charge in [-0.1, -0.05) is 0 Å². The van der Waals surface area contributed by atoms with Gasteiger partial charge in [0.1, 0.15) is 0 Å². The lowest BCUT2D eigenvalue weighted by molar-refractivity contribution is -0.122. The summed E-state index contributed by atoms with van der Waals surface area (Å²) in [4.78, 5) is 13.4. The van der Waals surface area contributed by atoms with Gasteiger partial charge in [0, 0.05) is 6.54 Å². The molecule has 0 aliphatic carbocycles. The minimum atomic E-state index is -0.0937. The Kier molecular flexibility index (Phi) is 7.42. The molecule has 0 aliphatic rings. The van der Waals surface area contributed by atoms with Gasteiger partial charge in [-0.2, -0.15) is 0 Å². The molecule has 1 unspecified atom stereocenters. The molecule has 0 rings (SSSR count). The fraction of sp³-hybridized carbons (Fsp3) is 0.900. The van der Waals surface area contributed by atoms with Gasteiger partial charge in [-0.25, -0.2) is 0 Å². The second-order valence-corrected chi connectivity index (χ2v) is 3.81. The van der Waals surface area contributed by atoms with E-state index in [0.29, 0.717) is 0 Å². The molecule has 0 spiro atoms. The molecule has 0 fully saturated rings. The molecule has 2 N–H and O–H groups in total. The largest absolute Gasteiger partial charge is 0.355 e. The summed E-state index contributed by atoms with van der Waals surface area (Å²) in [6.07, 6.45) is 2.17. The Labute approximate surface area is 87.0 Å². The van der Waals surface area contributed by atoms with E-state index in [-0.39, 0.29) is 11.9 Å². The van der Waals surface area contributed by atoms with Crippen molar-refractivity contribution in [3.8, 4) is 0 Å². The van der Waals surface area contributed by atoms with Crippen LogP contribution in [0.4, 0.5) is 0 Å². The van der Waals surface area contributed by atoms with Crippen LogP contribution >= 0.6 is 0 Å². The van der Waals surface area contributed by atoms with E-state index in [9.17, 15) is 4.79 Å². The monoisotopic (exact) mass is 201 g/mol. The van der Waals surface area contributed by atoms with Gasteiger partial charge < -0.3 is 15.5 Å². The SMILES string of the molecule is CNC(C)C(=O)NCCCCN(C)C. The van der Waals surface area contributed by atoms with E-state index in [1.807, 2.05) is 6.92 Å². The standard InChI is InChI=1S/C10H23N3O/c1-9(11-2)10(14)12-7-5-6-8-13(3)4/h9,11H,5-8H2,1-4H3,(H,12,14). The summed E-state index contributed by atoms with van der Waals surface area (Å²) in [7, 11) is 5.90. The third kappa shape index (κ3) is 6.86. The van der Waals surface area contributed by atoms with Gasteiger partial charge >= 0.3 is 0 Å². The zero-order valence-electron chi connectivity index (χ0n) is 9.76. The lowest BCUT2D eigenvalue weighted by Gasteiger charge is -2.12. The highest BCUT2D eigenvalue weighted by atomic mass is 16.2. The Hall–Kier alpha value is -0.610. The van der Waals surface area contributed by atoms with Gasteiger partial charge in [0.2, 0.25) is 5.91 Å². The number of nitrogens with one attached hydrogen (secondary N) is 2.